The van der Waals surface area contributed by atoms with Crippen molar-refractivity contribution in [2.45, 2.75) is 0 Å². The molecule has 0 saturated carbocycles. The van der Waals surface area contributed by atoms with Crippen LogP contribution in [0.15, 0.2) is 71.1 Å². The number of hydrogen-bond acceptors (Lipinski definition) is 3. The molecule has 0 aliphatic carbocycles. The number of nitrogens with zero attached hydrogens (tertiary/aromatic N) is 3. The van der Waals surface area contributed by atoms with Crippen molar-refractivity contribution < 1.29 is 0 Å². The molecule has 0 spiro atoms. The number of aliphatic imine (C=N–C) groups is 2. The highest BCUT2D eigenvalue weighted by atomic mass is 15.3. The predicted molar refractivity (Wildman–Crippen MR) is 75.1 cm³/mol. The second kappa shape index (κ2) is 4.15. The van der Waals surface area contributed by atoms with Crippen molar-refractivity contribution in [3.63, 3.8) is 0 Å². The van der Waals surface area contributed by atoms with Gasteiger partial charge in [0.1, 0.15) is 19.5 Å². The summed E-state index contributed by atoms with van der Waals surface area (Å²) in [7, 11) is 5.67. The Labute approximate surface area is 107 Å². The summed E-state index contributed by atoms with van der Waals surface area (Å²) < 4.78 is 0. The van der Waals surface area contributed by atoms with Gasteiger partial charge in [0.25, 0.3) is 0 Å². The summed E-state index contributed by atoms with van der Waals surface area (Å²) >= 11 is 0. The third-order valence-corrected chi connectivity index (χ3v) is 2.74. The van der Waals surface area contributed by atoms with E-state index in [2.05, 4.69) is 16.6 Å². The zero-order valence-electron chi connectivity index (χ0n) is 9.74. The molecule has 2 aliphatic rings. The Morgan fingerprint density at radius 2 is 1.83 bits per heavy atom. The Bertz CT molecular complexity index is 621. The number of rotatable bonds is 1. The molecular formula is C14H10BN3. The summed E-state index contributed by atoms with van der Waals surface area (Å²) in [5.74, 6) is 2.14. The van der Waals surface area contributed by atoms with Crippen molar-refractivity contribution in [3.8, 4) is 0 Å². The molecule has 3 rings (SSSR count). The first-order chi connectivity index (χ1) is 8.74. The highest BCUT2D eigenvalue weighted by Gasteiger charge is 2.18. The maximum Gasteiger partial charge on any atom is 0.163 e. The first-order valence-electron chi connectivity index (χ1n) is 5.60. The number of hydrogen-bond donors (Lipinski definition) is 0. The minimum atomic E-state index is 0.659. The van der Waals surface area contributed by atoms with Crippen molar-refractivity contribution in [1.29, 1.82) is 0 Å². The SMILES string of the molecule is [B]c1ccc(C2=NC(=C)N3C=CC=CC3=N2)cc1. The standard InChI is InChI=1S/C14H10BN3/c1-10-16-14(11-5-7-12(15)8-6-11)17-13-4-2-3-9-18(10)13/h2-9H,1H2. The van der Waals surface area contributed by atoms with Crippen LogP contribution in [0.4, 0.5) is 0 Å². The van der Waals surface area contributed by atoms with Crippen LogP contribution in [0, 0.1) is 0 Å². The van der Waals surface area contributed by atoms with Crippen LogP contribution in [-0.2, 0) is 0 Å². The third-order valence-electron chi connectivity index (χ3n) is 2.74. The Hall–Kier alpha value is -2.36. The smallest absolute Gasteiger partial charge is 0.163 e. The molecule has 0 N–H and O–H groups in total. The summed E-state index contributed by atoms with van der Waals surface area (Å²) in [6.45, 7) is 3.94. The maximum absolute atomic E-state index is 5.67. The van der Waals surface area contributed by atoms with Crippen molar-refractivity contribution in [2.24, 2.45) is 9.98 Å². The summed E-state index contributed by atoms with van der Waals surface area (Å²) in [5.41, 5.74) is 1.66. The molecule has 3 nitrogen and oxygen atoms in total. The normalized spacial score (nSPS) is 17.3. The fourth-order valence-corrected chi connectivity index (χ4v) is 1.81. The molecule has 0 fully saturated rings. The van der Waals surface area contributed by atoms with E-state index in [4.69, 9.17) is 7.85 Å². The average Bonchev–Trinajstić information content (AvgIpc) is 2.39. The van der Waals surface area contributed by atoms with Gasteiger partial charge in [-0.25, -0.2) is 9.98 Å². The van der Waals surface area contributed by atoms with Gasteiger partial charge in [-0.05, 0) is 12.2 Å². The summed E-state index contributed by atoms with van der Waals surface area (Å²) in [5, 5.41) is 0. The molecule has 0 aromatic heterocycles. The molecule has 0 atom stereocenters. The molecule has 2 aliphatic heterocycles. The topological polar surface area (TPSA) is 28.0 Å². The van der Waals surface area contributed by atoms with Gasteiger partial charge in [0.2, 0.25) is 0 Å². The number of amidine groups is 2. The third kappa shape index (κ3) is 1.82. The van der Waals surface area contributed by atoms with Gasteiger partial charge in [-0.2, -0.15) is 0 Å². The zero-order valence-corrected chi connectivity index (χ0v) is 9.74. The highest BCUT2D eigenvalue weighted by molar-refractivity contribution is 6.32. The highest BCUT2D eigenvalue weighted by Crippen LogP contribution is 2.18. The van der Waals surface area contributed by atoms with Crippen molar-refractivity contribution in [2.75, 3.05) is 0 Å². The molecule has 0 amide bonds. The molecule has 4 heteroatoms. The number of allylic oxidation sites excluding steroid dienone is 2. The molecule has 2 heterocycles. The van der Waals surface area contributed by atoms with E-state index in [0.717, 1.165) is 16.9 Å². The van der Waals surface area contributed by atoms with E-state index in [1.165, 1.54) is 0 Å². The van der Waals surface area contributed by atoms with E-state index < -0.39 is 0 Å². The van der Waals surface area contributed by atoms with E-state index in [0.29, 0.717) is 11.7 Å². The first kappa shape index (κ1) is 10.8. The number of fused-ring (bicyclic) bond motifs is 1. The Balaban J connectivity index is 2.02. The van der Waals surface area contributed by atoms with Gasteiger partial charge >= 0.3 is 0 Å². The van der Waals surface area contributed by atoms with Crippen LogP contribution in [0.1, 0.15) is 5.56 Å². The van der Waals surface area contributed by atoms with Crippen LogP contribution < -0.4 is 5.46 Å². The fraction of sp³-hybridized carbons (Fsp3) is 0. The quantitative estimate of drug-likeness (QED) is 0.673. The van der Waals surface area contributed by atoms with Crippen LogP contribution in [0.3, 0.4) is 0 Å². The van der Waals surface area contributed by atoms with E-state index >= 15 is 0 Å². The second-order valence-electron chi connectivity index (χ2n) is 4.01. The molecule has 0 unspecified atom stereocenters. The lowest BCUT2D eigenvalue weighted by atomic mass is 9.95. The Kier molecular flexibility index (Phi) is 2.48. The van der Waals surface area contributed by atoms with E-state index in [1.807, 2.05) is 53.6 Å². The van der Waals surface area contributed by atoms with Gasteiger partial charge < -0.3 is 0 Å². The first-order valence-corrected chi connectivity index (χ1v) is 5.60. The Morgan fingerprint density at radius 3 is 2.61 bits per heavy atom. The minimum absolute atomic E-state index is 0.659. The van der Waals surface area contributed by atoms with E-state index in [1.54, 1.807) is 0 Å². The van der Waals surface area contributed by atoms with Crippen LogP contribution in [0.5, 0.6) is 0 Å². The lowest BCUT2D eigenvalue weighted by Crippen LogP contribution is -2.29. The van der Waals surface area contributed by atoms with Gasteiger partial charge in [-0.3, -0.25) is 4.90 Å². The molecule has 0 saturated heterocycles. The predicted octanol–water partition coefficient (Wildman–Crippen LogP) is 1.50. The Morgan fingerprint density at radius 1 is 1.06 bits per heavy atom. The molecule has 18 heavy (non-hydrogen) atoms. The summed E-state index contributed by atoms with van der Waals surface area (Å²) in [6.07, 6.45) is 7.68. The molecule has 1 aromatic carbocycles. The van der Waals surface area contributed by atoms with Gasteiger partial charge in [0.15, 0.2) is 5.84 Å². The maximum atomic E-state index is 5.67. The average molecular weight is 231 g/mol. The van der Waals surface area contributed by atoms with E-state index in [-0.39, 0.29) is 0 Å². The fourth-order valence-electron chi connectivity index (χ4n) is 1.81. The molecule has 1 aromatic rings. The summed E-state index contributed by atoms with van der Waals surface area (Å²) in [6, 6.07) is 7.49. The lowest BCUT2D eigenvalue weighted by Gasteiger charge is -2.25. The second-order valence-corrected chi connectivity index (χ2v) is 4.01. The van der Waals surface area contributed by atoms with Crippen LogP contribution in [0.2, 0.25) is 0 Å². The largest absolute Gasteiger partial charge is 0.286 e. The van der Waals surface area contributed by atoms with Gasteiger partial charge in [-0.15, -0.1) is 0 Å². The van der Waals surface area contributed by atoms with Gasteiger partial charge in [-0.1, -0.05) is 42.4 Å². The minimum Gasteiger partial charge on any atom is -0.286 e. The monoisotopic (exact) mass is 231 g/mol. The summed E-state index contributed by atoms with van der Waals surface area (Å²) in [4.78, 5) is 10.8. The number of benzene rings is 1. The molecule has 2 radical (unpaired) electrons. The van der Waals surface area contributed by atoms with Crippen molar-refractivity contribution >= 4 is 25.0 Å². The van der Waals surface area contributed by atoms with Crippen LogP contribution in [0.25, 0.3) is 0 Å². The molecule has 84 valence electrons. The lowest BCUT2D eigenvalue weighted by molar-refractivity contribution is 0.674. The van der Waals surface area contributed by atoms with E-state index in [9.17, 15) is 0 Å². The van der Waals surface area contributed by atoms with Crippen LogP contribution >= 0.6 is 0 Å². The molecule has 0 bridgehead atoms. The zero-order chi connectivity index (χ0) is 12.5. The van der Waals surface area contributed by atoms with Gasteiger partial charge in [0.05, 0.1) is 0 Å². The van der Waals surface area contributed by atoms with Crippen molar-refractivity contribution in [3.05, 3.63) is 66.7 Å². The van der Waals surface area contributed by atoms with Crippen molar-refractivity contribution in [1.82, 2.24) is 4.90 Å². The van der Waals surface area contributed by atoms with Crippen LogP contribution in [-0.4, -0.2) is 24.4 Å². The molecular weight excluding hydrogens is 221 g/mol. The van der Waals surface area contributed by atoms with Gasteiger partial charge in [0, 0.05) is 11.8 Å².